The molecule has 4 nitrogen and oxygen atoms in total. The molecule has 1 rings (SSSR count). The number of aliphatic hydroxyl groups is 1. The molecule has 0 aliphatic carbocycles. The molecule has 5 heteroatoms. The highest BCUT2D eigenvalue weighted by Gasteiger charge is 2.09. The van der Waals surface area contributed by atoms with Crippen molar-refractivity contribution in [2.24, 2.45) is 5.16 Å². The van der Waals surface area contributed by atoms with Gasteiger partial charge in [0.25, 0.3) is 0 Å². The first-order chi connectivity index (χ1) is 3.79. The number of halogens is 1. The van der Waals surface area contributed by atoms with Gasteiger partial charge in [-0.25, -0.2) is 0 Å². The van der Waals surface area contributed by atoms with Crippen LogP contribution in [0.3, 0.4) is 0 Å². The first kappa shape index (κ1) is 6.09. The Morgan fingerprint density at radius 3 is 3.12 bits per heavy atom. The van der Waals surface area contributed by atoms with Gasteiger partial charge in [-0.3, -0.25) is 0 Å². The van der Waals surface area contributed by atoms with E-state index in [1.54, 1.807) is 0 Å². The van der Waals surface area contributed by atoms with Crippen molar-refractivity contribution >= 4 is 26.4 Å². The summed E-state index contributed by atoms with van der Waals surface area (Å²) in [4.78, 5) is 4.56. The van der Waals surface area contributed by atoms with E-state index in [2.05, 4.69) is 15.3 Å². The highest BCUT2D eigenvalue weighted by Crippen LogP contribution is 1.96. The first-order valence-corrected chi connectivity index (χ1v) is 3.17. The molecule has 1 atom stereocenters. The molecular weight excluding hydrogens is 223 g/mol. The average Bonchev–Trinajstić information content (AvgIpc) is 1.64. The SMILES string of the molecule is OC1CON=C(I)N1. The van der Waals surface area contributed by atoms with Crippen LogP contribution in [0.2, 0.25) is 0 Å². The van der Waals surface area contributed by atoms with Crippen molar-refractivity contribution in [3.05, 3.63) is 0 Å². The maximum atomic E-state index is 8.76. The van der Waals surface area contributed by atoms with Gasteiger partial charge in [-0.1, -0.05) is 5.16 Å². The number of aliphatic hydroxyl groups excluding tert-OH is 1. The molecule has 2 N–H and O–H groups in total. The lowest BCUT2D eigenvalue weighted by molar-refractivity contribution is 0.0183. The molecule has 0 bridgehead atoms. The van der Waals surface area contributed by atoms with Gasteiger partial charge in [-0.15, -0.1) is 0 Å². The van der Waals surface area contributed by atoms with Crippen LogP contribution in [0.25, 0.3) is 0 Å². The van der Waals surface area contributed by atoms with Crippen molar-refractivity contribution in [2.75, 3.05) is 6.61 Å². The Morgan fingerprint density at radius 1 is 2.00 bits per heavy atom. The van der Waals surface area contributed by atoms with Gasteiger partial charge in [0, 0.05) is 22.6 Å². The number of nitrogens with one attached hydrogen (secondary N) is 1. The molecule has 1 heterocycles. The summed E-state index contributed by atoms with van der Waals surface area (Å²) in [7, 11) is 0. The van der Waals surface area contributed by atoms with E-state index in [4.69, 9.17) is 5.11 Å². The third-order valence-corrected chi connectivity index (χ3v) is 1.17. The minimum absolute atomic E-state index is 0.229. The fourth-order valence-corrected chi connectivity index (χ4v) is 0.869. The molecule has 0 spiro atoms. The summed E-state index contributed by atoms with van der Waals surface area (Å²) in [6, 6.07) is 0. The topological polar surface area (TPSA) is 53.9 Å². The van der Waals surface area contributed by atoms with Gasteiger partial charge < -0.3 is 15.3 Å². The number of hydrogen-bond donors (Lipinski definition) is 2. The second-order valence-corrected chi connectivity index (χ2v) is 2.36. The summed E-state index contributed by atoms with van der Waals surface area (Å²) < 4.78 is 0.585. The number of hydrogen-bond acceptors (Lipinski definition) is 4. The zero-order valence-electron chi connectivity index (χ0n) is 3.97. The van der Waals surface area contributed by atoms with Gasteiger partial charge in [0.1, 0.15) is 0 Å². The predicted molar refractivity (Wildman–Crippen MR) is 36.5 cm³/mol. The highest BCUT2D eigenvalue weighted by atomic mass is 127. The molecule has 0 aromatic rings. The summed E-state index contributed by atoms with van der Waals surface area (Å²) in [5.41, 5.74) is 0. The smallest absolute Gasteiger partial charge is 0.205 e. The predicted octanol–water partition coefficient (Wildman–Crippen LogP) is -0.369. The molecule has 0 aromatic carbocycles. The Bertz CT molecular complexity index is 116. The minimum Gasteiger partial charge on any atom is -0.389 e. The van der Waals surface area contributed by atoms with E-state index in [1.165, 1.54) is 0 Å². The van der Waals surface area contributed by atoms with Gasteiger partial charge in [-0.2, -0.15) is 0 Å². The Morgan fingerprint density at radius 2 is 2.75 bits per heavy atom. The molecular formula is C3H5IN2O2. The normalized spacial score (nSPS) is 27.8. The van der Waals surface area contributed by atoms with Gasteiger partial charge in [0.2, 0.25) is 3.84 Å². The van der Waals surface area contributed by atoms with E-state index in [0.717, 1.165) is 0 Å². The maximum Gasteiger partial charge on any atom is 0.205 e. The Labute approximate surface area is 60.0 Å². The van der Waals surface area contributed by atoms with Crippen LogP contribution in [0.5, 0.6) is 0 Å². The second-order valence-electron chi connectivity index (χ2n) is 1.34. The third-order valence-electron chi connectivity index (χ3n) is 0.663. The third kappa shape index (κ3) is 1.48. The number of rotatable bonds is 0. The van der Waals surface area contributed by atoms with E-state index >= 15 is 0 Å². The summed E-state index contributed by atoms with van der Waals surface area (Å²) in [6.45, 7) is 0.229. The van der Waals surface area contributed by atoms with E-state index in [9.17, 15) is 0 Å². The molecule has 1 aliphatic rings. The van der Waals surface area contributed by atoms with Gasteiger partial charge >= 0.3 is 0 Å². The van der Waals surface area contributed by atoms with Crippen molar-refractivity contribution in [2.45, 2.75) is 6.23 Å². The Hall–Kier alpha value is -0.0400. The molecule has 46 valence electrons. The largest absolute Gasteiger partial charge is 0.389 e. The molecule has 0 aromatic heterocycles. The van der Waals surface area contributed by atoms with Crippen molar-refractivity contribution in [3.8, 4) is 0 Å². The Kier molecular flexibility index (Phi) is 1.90. The number of amidine groups is 1. The first-order valence-electron chi connectivity index (χ1n) is 2.09. The quantitative estimate of drug-likeness (QED) is 0.439. The molecule has 0 saturated carbocycles. The fourth-order valence-electron chi connectivity index (χ4n) is 0.370. The summed E-state index contributed by atoms with van der Waals surface area (Å²) in [5.74, 6) is 0. The second kappa shape index (κ2) is 2.49. The van der Waals surface area contributed by atoms with Crippen molar-refractivity contribution < 1.29 is 9.94 Å². The van der Waals surface area contributed by atoms with Crippen molar-refractivity contribution in [3.63, 3.8) is 0 Å². The van der Waals surface area contributed by atoms with Crippen LogP contribution in [0.1, 0.15) is 0 Å². The lowest BCUT2D eigenvalue weighted by atomic mass is 10.6. The monoisotopic (exact) mass is 228 g/mol. The number of oxime groups is 1. The van der Waals surface area contributed by atoms with Crippen LogP contribution >= 0.6 is 22.6 Å². The summed E-state index contributed by atoms with van der Waals surface area (Å²) >= 11 is 1.93. The lowest BCUT2D eigenvalue weighted by Gasteiger charge is -2.15. The molecule has 1 aliphatic heterocycles. The van der Waals surface area contributed by atoms with E-state index in [1.807, 2.05) is 22.6 Å². The van der Waals surface area contributed by atoms with Crippen LogP contribution in [-0.4, -0.2) is 21.8 Å². The lowest BCUT2D eigenvalue weighted by Crippen LogP contribution is -2.38. The molecule has 0 saturated heterocycles. The van der Waals surface area contributed by atoms with E-state index in [-0.39, 0.29) is 6.61 Å². The fraction of sp³-hybridized carbons (Fsp3) is 0.667. The average molecular weight is 228 g/mol. The van der Waals surface area contributed by atoms with Crippen LogP contribution in [0.15, 0.2) is 5.16 Å². The van der Waals surface area contributed by atoms with E-state index < -0.39 is 6.23 Å². The van der Waals surface area contributed by atoms with Gasteiger partial charge in [0.15, 0.2) is 12.8 Å². The minimum atomic E-state index is -0.598. The zero-order valence-corrected chi connectivity index (χ0v) is 6.12. The van der Waals surface area contributed by atoms with Gasteiger partial charge in [0.05, 0.1) is 0 Å². The zero-order chi connectivity index (χ0) is 5.98. The van der Waals surface area contributed by atoms with Crippen LogP contribution in [0, 0.1) is 0 Å². The van der Waals surface area contributed by atoms with Crippen LogP contribution in [-0.2, 0) is 4.84 Å². The summed E-state index contributed by atoms with van der Waals surface area (Å²) in [5, 5.41) is 14.9. The van der Waals surface area contributed by atoms with Crippen LogP contribution < -0.4 is 5.32 Å². The van der Waals surface area contributed by atoms with E-state index in [0.29, 0.717) is 3.84 Å². The van der Waals surface area contributed by atoms with Gasteiger partial charge in [-0.05, 0) is 0 Å². The molecule has 8 heavy (non-hydrogen) atoms. The molecule has 0 fully saturated rings. The summed E-state index contributed by atoms with van der Waals surface area (Å²) in [6.07, 6.45) is -0.598. The molecule has 0 amide bonds. The highest BCUT2D eigenvalue weighted by molar-refractivity contribution is 14.1. The van der Waals surface area contributed by atoms with Crippen molar-refractivity contribution in [1.82, 2.24) is 5.32 Å². The maximum absolute atomic E-state index is 8.76. The Balaban J connectivity index is 2.45. The standard InChI is InChI=1S/C3H5IN2O2/c4-3-5-2(7)1-8-6-3/h2,7H,1H2,(H,5,6). The molecule has 0 radical (unpaired) electrons. The van der Waals surface area contributed by atoms with Crippen LogP contribution in [0.4, 0.5) is 0 Å². The molecule has 1 unspecified atom stereocenters. The van der Waals surface area contributed by atoms with Crippen molar-refractivity contribution in [1.29, 1.82) is 0 Å². The number of nitrogens with zero attached hydrogens (tertiary/aromatic N) is 1.